The molecule has 2 aliphatic rings. The predicted octanol–water partition coefficient (Wildman–Crippen LogP) is 3.51. The fourth-order valence-electron chi connectivity index (χ4n) is 5.32. The third-order valence-electron chi connectivity index (χ3n) is 7.30. The topological polar surface area (TPSA) is 146 Å². The van der Waals surface area contributed by atoms with Crippen molar-refractivity contribution < 1.29 is 23.9 Å². The second-order valence-electron chi connectivity index (χ2n) is 10.1. The summed E-state index contributed by atoms with van der Waals surface area (Å²) in [4.78, 5) is 44.2. The molecule has 2 aromatic heterocycles. The number of fused-ring (bicyclic) bond motifs is 2. The summed E-state index contributed by atoms with van der Waals surface area (Å²) >= 11 is 0. The summed E-state index contributed by atoms with van der Waals surface area (Å²) in [6.45, 7) is 0. The minimum Gasteiger partial charge on any atom is -0.468 e. The zero-order valence-corrected chi connectivity index (χ0v) is 24.7. The van der Waals surface area contributed by atoms with Crippen molar-refractivity contribution in [2.75, 3.05) is 19.5 Å². The molecule has 1 aromatic carbocycles. The molecule has 2 aliphatic carbocycles. The number of urea groups is 1. The highest BCUT2D eigenvalue weighted by molar-refractivity contribution is 5.94. The van der Waals surface area contributed by atoms with Crippen LogP contribution < -0.4 is 16.4 Å². The standard InChI is InChI=1S/C22H25N3O3.C9H12N2O2.ClH/c1-28-21(26)19(13-16-8-2-3-11-23-16)24-22(27)25-20-17-9-4-6-14(17)12-15-7-5-10-18(15)20;1-13-9(12)8(10)6-7-4-2-3-5-11-7;/h2-3,8,11-12,19H,4-7,9-10,13H2,1H3,(H2,24,25,27);2-5,8H,6,10H2,1H3;1H/t19-;8-;/m11./s1. The molecule has 5 rings (SSSR count). The number of benzene rings is 1. The van der Waals surface area contributed by atoms with E-state index in [2.05, 4.69) is 31.4 Å². The number of ether oxygens (including phenoxy) is 2. The zero-order chi connectivity index (χ0) is 29.2. The number of amides is 2. The number of carbonyl (C=O) groups excluding carboxylic acids is 3. The number of aromatic nitrogens is 2. The molecule has 0 saturated heterocycles. The molecular formula is C31H38ClN5O5. The van der Waals surface area contributed by atoms with Crippen molar-refractivity contribution in [3.05, 3.63) is 88.5 Å². The van der Waals surface area contributed by atoms with Crippen LogP contribution in [-0.2, 0) is 57.6 Å². The first-order valence-electron chi connectivity index (χ1n) is 13.8. The highest BCUT2D eigenvalue weighted by atomic mass is 35.5. The number of esters is 2. The van der Waals surface area contributed by atoms with Gasteiger partial charge in [-0.2, -0.15) is 0 Å². The van der Waals surface area contributed by atoms with E-state index in [-0.39, 0.29) is 24.9 Å². The molecule has 10 nitrogen and oxygen atoms in total. The number of nitrogens with two attached hydrogens (primary N) is 1. The first-order valence-corrected chi connectivity index (χ1v) is 13.8. The van der Waals surface area contributed by atoms with Gasteiger partial charge in [-0.15, -0.1) is 12.4 Å². The van der Waals surface area contributed by atoms with Gasteiger partial charge in [-0.3, -0.25) is 14.8 Å². The van der Waals surface area contributed by atoms with E-state index in [1.807, 2.05) is 36.4 Å². The fourth-order valence-corrected chi connectivity index (χ4v) is 5.32. The average Bonchev–Trinajstić information content (AvgIpc) is 3.67. The number of hydrogen-bond donors (Lipinski definition) is 3. The molecule has 224 valence electrons. The number of carbonyl (C=O) groups is 3. The van der Waals surface area contributed by atoms with Gasteiger partial charge in [0.15, 0.2) is 0 Å². The van der Waals surface area contributed by atoms with Crippen molar-refractivity contribution in [3.63, 3.8) is 0 Å². The van der Waals surface area contributed by atoms with Crippen molar-refractivity contribution in [2.45, 2.75) is 63.5 Å². The van der Waals surface area contributed by atoms with Gasteiger partial charge in [-0.05, 0) is 85.0 Å². The largest absolute Gasteiger partial charge is 0.468 e. The van der Waals surface area contributed by atoms with Gasteiger partial charge in [-0.1, -0.05) is 18.2 Å². The van der Waals surface area contributed by atoms with E-state index < -0.39 is 24.0 Å². The van der Waals surface area contributed by atoms with Crippen molar-refractivity contribution in [1.29, 1.82) is 0 Å². The molecular weight excluding hydrogens is 558 g/mol. The number of hydrogen-bond acceptors (Lipinski definition) is 8. The Morgan fingerprint density at radius 2 is 1.38 bits per heavy atom. The highest BCUT2D eigenvalue weighted by Crippen LogP contribution is 2.38. The molecule has 0 bridgehead atoms. The monoisotopic (exact) mass is 595 g/mol. The van der Waals surface area contributed by atoms with Crippen LogP contribution in [-0.4, -0.2) is 54.2 Å². The van der Waals surface area contributed by atoms with Crippen LogP contribution in [0.2, 0.25) is 0 Å². The van der Waals surface area contributed by atoms with Gasteiger partial charge < -0.3 is 25.8 Å². The SMILES string of the molecule is COC(=O)[C@@H](Cc1ccccn1)NC(=O)Nc1c2c(cc3c1CCC3)CCC2.COC(=O)[C@H](N)Cc1ccccn1.Cl. The van der Waals surface area contributed by atoms with E-state index in [1.54, 1.807) is 12.4 Å². The van der Waals surface area contributed by atoms with Gasteiger partial charge in [0.25, 0.3) is 0 Å². The highest BCUT2D eigenvalue weighted by Gasteiger charge is 2.27. The van der Waals surface area contributed by atoms with E-state index >= 15 is 0 Å². The van der Waals surface area contributed by atoms with Crippen LogP contribution in [0.15, 0.2) is 54.9 Å². The molecule has 0 fully saturated rings. The Hall–Kier alpha value is -4.02. The van der Waals surface area contributed by atoms with Crippen LogP contribution in [0.1, 0.15) is 46.5 Å². The molecule has 2 heterocycles. The molecule has 42 heavy (non-hydrogen) atoms. The lowest BCUT2D eigenvalue weighted by Gasteiger charge is -2.20. The van der Waals surface area contributed by atoms with Crippen LogP contribution in [0.3, 0.4) is 0 Å². The molecule has 0 unspecified atom stereocenters. The summed E-state index contributed by atoms with van der Waals surface area (Å²) in [6.07, 6.45) is 10.4. The van der Waals surface area contributed by atoms with Crippen molar-refractivity contribution >= 4 is 36.1 Å². The van der Waals surface area contributed by atoms with Crippen LogP contribution in [0.4, 0.5) is 10.5 Å². The Bertz CT molecular complexity index is 1320. The quantitative estimate of drug-likeness (QED) is 0.335. The second kappa shape index (κ2) is 15.8. The summed E-state index contributed by atoms with van der Waals surface area (Å²) in [5.74, 6) is -0.894. The first-order chi connectivity index (χ1) is 19.9. The average molecular weight is 596 g/mol. The summed E-state index contributed by atoms with van der Waals surface area (Å²) in [7, 11) is 2.64. The number of nitrogens with one attached hydrogen (secondary N) is 2. The maximum absolute atomic E-state index is 12.8. The maximum Gasteiger partial charge on any atom is 0.328 e. The Morgan fingerprint density at radius 1 is 0.833 bits per heavy atom. The number of rotatable bonds is 8. The van der Waals surface area contributed by atoms with Gasteiger partial charge in [0.2, 0.25) is 0 Å². The van der Waals surface area contributed by atoms with Gasteiger partial charge in [0.05, 0.1) is 14.2 Å². The summed E-state index contributed by atoms with van der Waals surface area (Å²) in [5, 5.41) is 5.84. The molecule has 0 aliphatic heterocycles. The van der Waals surface area contributed by atoms with Crippen LogP contribution in [0.5, 0.6) is 0 Å². The van der Waals surface area contributed by atoms with Crippen LogP contribution in [0, 0.1) is 0 Å². The van der Waals surface area contributed by atoms with Gasteiger partial charge >= 0.3 is 18.0 Å². The number of halogens is 1. The number of anilines is 1. The van der Waals surface area contributed by atoms with E-state index in [0.29, 0.717) is 6.42 Å². The number of aryl methyl sites for hydroxylation is 2. The molecule has 0 spiro atoms. The third-order valence-corrected chi connectivity index (χ3v) is 7.30. The lowest BCUT2D eigenvalue weighted by molar-refractivity contribution is -0.143. The van der Waals surface area contributed by atoms with E-state index in [1.165, 1.54) is 36.5 Å². The molecule has 0 saturated carbocycles. The Kier molecular flexibility index (Phi) is 12.3. The lowest BCUT2D eigenvalue weighted by Crippen LogP contribution is -2.45. The normalized spacial score (nSPS) is 14.1. The third kappa shape index (κ3) is 8.50. The van der Waals surface area contributed by atoms with E-state index in [0.717, 1.165) is 55.6 Å². The van der Waals surface area contributed by atoms with E-state index in [4.69, 9.17) is 10.5 Å². The smallest absolute Gasteiger partial charge is 0.328 e. The lowest BCUT2D eigenvalue weighted by atomic mass is 9.99. The molecule has 4 N–H and O–H groups in total. The van der Waals surface area contributed by atoms with Crippen LogP contribution >= 0.6 is 12.4 Å². The minimum absolute atomic E-state index is 0. The first kappa shape index (κ1) is 32.5. The fraction of sp³-hybridized carbons (Fsp3) is 0.387. The molecule has 2 atom stereocenters. The van der Waals surface area contributed by atoms with Gasteiger partial charge in [-0.25, -0.2) is 9.59 Å². The molecule has 0 radical (unpaired) electrons. The van der Waals surface area contributed by atoms with Crippen LogP contribution in [0.25, 0.3) is 0 Å². The zero-order valence-electron chi connectivity index (χ0n) is 23.9. The Morgan fingerprint density at radius 3 is 1.88 bits per heavy atom. The van der Waals surface area contributed by atoms with Crippen molar-refractivity contribution in [2.24, 2.45) is 5.73 Å². The number of pyridine rings is 2. The van der Waals surface area contributed by atoms with Gasteiger partial charge in [0.1, 0.15) is 12.1 Å². The van der Waals surface area contributed by atoms with Crippen molar-refractivity contribution in [1.82, 2.24) is 15.3 Å². The minimum atomic E-state index is -0.787. The Labute approximate surface area is 252 Å². The predicted molar refractivity (Wildman–Crippen MR) is 162 cm³/mol. The van der Waals surface area contributed by atoms with Crippen molar-refractivity contribution in [3.8, 4) is 0 Å². The summed E-state index contributed by atoms with van der Waals surface area (Å²) in [5.41, 5.74) is 13.2. The summed E-state index contributed by atoms with van der Waals surface area (Å²) < 4.78 is 9.37. The maximum atomic E-state index is 12.8. The van der Waals surface area contributed by atoms with E-state index in [9.17, 15) is 14.4 Å². The number of nitrogens with zero attached hydrogens (tertiary/aromatic N) is 2. The molecule has 11 heteroatoms. The molecule has 2 amide bonds. The second-order valence-corrected chi connectivity index (χ2v) is 10.1. The Balaban J connectivity index is 0.000000293. The van der Waals surface area contributed by atoms with Gasteiger partial charge in [0, 0.05) is 42.3 Å². The molecule has 3 aromatic rings. The number of methoxy groups -OCH3 is 2. The summed E-state index contributed by atoms with van der Waals surface area (Å²) in [6, 6.07) is 11.5.